The first-order valence-corrected chi connectivity index (χ1v) is 2.05. The molecule has 9 heavy (non-hydrogen) atoms. The lowest BCUT2D eigenvalue weighted by Crippen LogP contribution is -2.27. The summed E-state index contributed by atoms with van der Waals surface area (Å²) in [5.41, 5.74) is 0. The van der Waals surface area contributed by atoms with Gasteiger partial charge in [-0.1, -0.05) is 5.92 Å². The molecule has 0 fully saturated rings. The second-order valence-corrected chi connectivity index (χ2v) is 1.39. The minimum Gasteiger partial charge on any atom is -0.477 e. The maximum absolute atomic E-state index is 11.8. The highest BCUT2D eigenvalue weighted by Crippen LogP contribution is 2.16. The molecule has 0 rings (SSSR count). The molecule has 0 atom stereocenters. The molecule has 0 bridgehead atoms. The van der Waals surface area contributed by atoms with Crippen molar-refractivity contribution in [2.24, 2.45) is 0 Å². The van der Waals surface area contributed by atoms with Gasteiger partial charge in [0.2, 0.25) is 0 Å². The van der Waals surface area contributed by atoms with E-state index in [0.717, 1.165) is 0 Å². The van der Waals surface area contributed by atoms with E-state index in [1.165, 1.54) is 0 Å². The van der Waals surface area contributed by atoms with Gasteiger partial charge >= 0.3 is 11.9 Å². The third-order valence-electron chi connectivity index (χ3n) is 0.637. The maximum atomic E-state index is 11.8. The largest absolute Gasteiger partial charge is 0.477 e. The van der Waals surface area contributed by atoms with Gasteiger partial charge in [0.05, 0.1) is 6.42 Å². The highest BCUT2D eigenvalue weighted by Gasteiger charge is 2.37. The zero-order chi connectivity index (χ0) is 7.49. The van der Waals surface area contributed by atoms with Gasteiger partial charge in [-0.15, -0.1) is 6.42 Å². The normalized spacial score (nSPS) is 10.3. The summed E-state index contributed by atoms with van der Waals surface area (Å²) < 4.78 is 23.6. The van der Waals surface area contributed by atoms with Crippen molar-refractivity contribution in [2.45, 2.75) is 12.3 Å². The Bertz CT molecular complexity index is 157. The fourth-order valence-electron chi connectivity index (χ4n) is 0.204. The molecule has 0 aromatic carbocycles. The van der Waals surface area contributed by atoms with Gasteiger partial charge in [0.25, 0.3) is 0 Å². The maximum Gasteiger partial charge on any atom is 0.375 e. The van der Waals surface area contributed by atoms with Crippen molar-refractivity contribution in [1.29, 1.82) is 0 Å². The van der Waals surface area contributed by atoms with Gasteiger partial charge in [-0.05, 0) is 0 Å². The summed E-state index contributed by atoms with van der Waals surface area (Å²) in [5.74, 6) is -4.39. The summed E-state index contributed by atoms with van der Waals surface area (Å²) in [7, 11) is 0. The number of carboxylic acid groups (broad SMARTS) is 1. The van der Waals surface area contributed by atoms with Crippen molar-refractivity contribution in [2.75, 3.05) is 0 Å². The second kappa shape index (κ2) is 2.44. The number of halogens is 2. The van der Waals surface area contributed by atoms with Crippen molar-refractivity contribution >= 4 is 5.97 Å². The van der Waals surface area contributed by atoms with E-state index in [9.17, 15) is 13.6 Å². The summed E-state index contributed by atoms with van der Waals surface area (Å²) in [6, 6.07) is 0. The number of hydrogen-bond donors (Lipinski definition) is 1. The van der Waals surface area contributed by atoms with E-state index < -0.39 is 18.3 Å². The zero-order valence-corrected chi connectivity index (χ0v) is 4.40. The number of carbonyl (C=O) groups is 1. The SMILES string of the molecule is C#CCC(F)(F)C(=O)O. The minimum atomic E-state index is -3.77. The van der Waals surface area contributed by atoms with Crippen LogP contribution in [0.15, 0.2) is 0 Å². The van der Waals surface area contributed by atoms with Crippen LogP contribution in [0.2, 0.25) is 0 Å². The first-order valence-electron chi connectivity index (χ1n) is 2.05. The minimum absolute atomic E-state index is 1.05. The molecule has 4 heteroatoms. The molecule has 0 saturated carbocycles. The molecule has 2 nitrogen and oxygen atoms in total. The van der Waals surface area contributed by atoms with Crippen molar-refractivity contribution < 1.29 is 18.7 Å². The van der Waals surface area contributed by atoms with Crippen LogP contribution in [0.1, 0.15) is 6.42 Å². The van der Waals surface area contributed by atoms with E-state index in [0.29, 0.717) is 0 Å². The molecule has 0 aliphatic carbocycles. The Balaban J connectivity index is 4.06. The number of terminal acetylenes is 1. The number of alkyl halides is 2. The van der Waals surface area contributed by atoms with Crippen LogP contribution < -0.4 is 0 Å². The molecule has 0 amide bonds. The molecule has 0 radical (unpaired) electrons. The highest BCUT2D eigenvalue weighted by molar-refractivity contribution is 5.75. The molecule has 0 spiro atoms. The van der Waals surface area contributed by atoms with Crippen LogP contribution in [0, 0.1) is 12.3 Å². The molecule has 0 unspecified atom stereocenters. The molecule has 1 N–H and O–H groups in total. The third kappa shape index (κ3) is 2.08. The van der Waals surface area contributed by atoms with Crippen LogP contribution >= 0.6 is 0 Å². The summed E-state index contributed by atoms with van der Waals surface area (Å²) >= 11 is 0. The van der Waals surface area contributed by atoms with Crippen molar-refractivity contribution in [3.63, 3.8) is 0 Å². The quantitative estimate of drug-likeness (QED) is 0.565. The molecule has 0 aromatic heterocycles. The summed E-state index contributed by atoms with van der Waals surface area (Å²) in [6.07, 6.45) is 3.41. The molecule has 0 aliphatic rings. The van der Waals surface area contributed by atoms with Crippen molar-refractivity contribution in [3.05, 3.63) is 0 Å². The fraction of sp³-hybridized carbons (Fsp3) is 0.400. The number of aliphatic carboxylic acids is 1. The van der Waals surface area contributed by atoms with Gasteiger partial charge in [-0.2, -0.15) is 8.78 Å². The van der Waals surface area contributed by atoms with Gasteiger partial charge in [-0.3, -0.25) is 0 Å². The Labute approximate surface area is 50.5 Å². The van der Waals surface area contributed by atoms with Crippen molar-refractivity contribution in [1.82, 2.24) is 0 Å². The summed E-state index contributed by atoms with van der Waals surface area (Å²) in [4.78, 5) is 9.57. The average molecular weight is 134 g/mol. The first-order chi connectivity index (χ1) is 4.00. The molecule has 0 aliphatic heterocycles. The second-order valence-electron chi connectivity index (χ2n) is 1.39. The Morgan fingerprint density at radius 2 is 2.22 bits per heavy atom. The van der Waals surface area contributed by atoms with Gasteiger partial charge in [-0.25, -0.2) is 4.79 Å². The lowest BCUT2D eigenvalue weighted by atomic mass is 10.2. The molecule has 50 valence electrons. The van der Waals surface area contributed by atoms with Crippen LogP contribution in [-0.2, 0) is 4.79 Å². The Hall–Kier alpha value is -1.11. The van der Waals surface area contributed by atoms with Crippen LogP contribution in [0.4, 0.5) is 8.78 Å². The van der Waals surface area contributed by atoms with Crippen LogP contribution in [-0.4, -0.2) is 17.0 Å². The predicted octanol–water partition coefficient (Wildman–Crippen LogP) is 0.730. The smallest absolute Gasteiger partial charge is 0.375 e. The Morgan fingerprint density at radius 3 is 2.33 bits per heavy atom. The number of rotatable bonds is 2. The van der Waals surface area contributed by atoms with Gasteiger partial charge in [0, 0.05) is 0 Å². The molecular formula is C5H4F2O2. The lowest BCUT2D eigenvalue weighted by Gasteiger charge is -2.04. The Morgan fingerprint density at radius 1 is 1.78 bits per heavy atom. The van der Waals surface area contributed by atoms with Crippen molar-refractivity contribution in [3.8, 4) is 12.3 Å². The van der Waals surface area contributed by atoms with E-state index in [4.69, 9.17) is 5.11 Å². The van der Waals surface area contributed by atoms with Gasteiger partial charge in [0.15, 0.2) is 0 Å². The zero-order valence-electron chi connectivity index (χ0n) is 4.40. The van der Waals surface area contributed by atoms with E-state index in [1.54, 1.807) is 5.92 Å². The average Bonchev–Trinajstić information content (AvgIpc) is 1.65. The summed E-state index contributed by atoms with van der Waals surface area (Å²) in [5, 5.41) is 7.73. The lowest BCUT2D eigenvalue weighted by molar-refractivity contribution is -0.163. The molecule has 0 aromatic rings. The Kier molecular flexibility index (Phi) is 2.14. The number of carboxylic acids is 1. The van der Waals surface area contributed by atoms with Crippen LogP contribution in [0.3, 0.4) is 0 Å². The van der Waals surface area contributed by atoms with E-state index in [1.807, 2.05) is 0 Å². The third-order valence-corrected chi connectivity index (χ3v) is 0.637. The first kappa shape index (κ1) is 7.89. The van der Waals surface area contributed by atoms with Gasteiger partial charge < -0.3 is 5.11 Å². The van der Waals surface area contributed by atoms with Crippen LogP contribution in [0.25, 0.3) is 0 Å². The van der Waals surface area contributed by atoms with E-state index in [2.05, 4.69) is 6.42 Å². The molecule has 0 saturated heterocycles. The topological polar surface area (TPSA) is 37.3 Å². The standard InChI is InChI=1S/C5H4F2O2/c1-2-3-5(6,7)4(8)9/h1H,3H2,(H,8,9). The fourth-order valence-corrected chi connectivity index (χ4v) is 0.204. The van der Waals surface area contributed by atoms with E-state index in [-0.39, 0.29) is 0 Å². The molecular weight excluding hydrogens is 130 g/mol. The van der Waals surface area contributed by atoms with E-state index >= 15 is 0 Å². The summed E-state index contributed by atoms with van der Waals surface area (Å²) in [6.45, 7) is 0. The monoisotopic (exact) mass is 134 g/mol. The number of hydrogen-bond acceptors (Lipinski definition) is 1. The van der Waals surface area contributed by atoms with Crippen LogP contribution in [0.5, 0.6) is 0 Å². The van der Waals surface area contributed by atoms with Gasteiger partial charge in [0.1, 0.15) is 0 Å². The molecule has 0 heterocycles. The predicted molar refractivity (Wildman–Crippen MR) is 26.0 cm³/mol. The highest BCUT2D eigenvalue weighted by atomic mass is 19.3.